The Bertz CT molecular complexity index is 3090. The van der Waals surface area contributed by atoms with E-state index in [1.54, 1.807) is 11.8 Å². The van der Waals surface area contributed by atoms with Crippen LogP contribution in [0.1, 0.15) is 0 Å². The Balaban J connectivity index is 1.08. The lowest BCUT2D eigenvalue weighted by atomic mass is 10.0. The maximum absolute atomic E-state index is 6.50. The van der Waals surface area contributed by atoms with Gasteiger partial charge in [-0.1, -0.05) is 162 Å². The molecule has 9 aromatic rings. The van der Waals surface area contributed by atoms with Gasteiger partial charge in [-0.15, -0.1) is 0 Å². The van der Waals surface area contributed by atoms with E-state index in [0.29, 0.717) is 23.3 Å². The van der Waals surface area contributed by atoms with Gasteiger partial charge in [-0.05, 0) is 46.8 Å². The number of furan rings is 1. The lowest BCUT2D eigenvalue weighted by Crippen LogP contribution is -2.00. The molecule has 1 unspecified atom stereocenters. The number of hydrogen-bond donors (Lipinski definition) is 0. The maximum Gasteiger partial charge on any atom is 0.164 e. The summed E-state index contributed by atoms with van der Waals surface area (Å²) in [6.45, 7) is 0. The molecule has 0 aliphatic carbocycles. The number of fused-ring (bicyclic) bond motifs is 6. The van der Waals surface area contributed by atoms with Gasteiger partial charge in [-0.3, -0.25) is 0 Å². The summed E-state index contributed by atoms with van der Waals surface area (Å²) in [5, 5.41) is 5.21. The van der Waals surface area contributed by atoms with Crippen LogP contribution in [0.2, 0.25) is 0 Å². The van der Waals surface area contributed by atoms with Crippen molar-refractivity contribution in [3.63, 3.8) is 0 Å². The Labute approximate surface area is 329 Å². The van der Waals surface area contributed by atoms with Crippen molar-refractivity contribution in [2.45, 2.75) is 9.92 Å². The summed E-state index contributed by atoms with van der Waals surface area (Å²) in [7, 11) is -0.241. The average Bonchev–Trinajstić information content (AvgIpc) is 3.85. The van der Waals surface area contributed by atoms with Crippen molar-refractivity contribution in [2.24, 2.45) is 0 Å². The fraction of sp³-hybridized carbons (Fsp3) is 0. The zero-order valence-corrected chi connectivity index (χ0v) is 31.3. The van der Waals surface area contributed by atoms with Crippen LogP contribution < -0.4 is 0 Å². The number of nitrogens with zero attached hydrogens (tertiary/aromatic N) is 5. The van der Waals surface area contributed by atoms with Crippen molar-refractivity contribution in [1.29, 1.82) is 0 Å². The van der Waals surface area contributed by atoms with E-state index in [1.807, 2.05) is 66.7 Å². The van der Waals surface area contributed by atoms with E-state index < -0.39 is 0 Å². The monoisotopic (exact) mass is 755 g/mol. The van der Waals surface area contributed by atoms with E-state index in [1.165, 1.54) is 4.24 Å². The zero-order valence-electron chi connectivity index (χ0n) is 29.7. The van der Waals surface area contributed by atoms with Crippen LogP contribution in [0.4, 0.5) is 0 Å². The summed E-state index contributed by atoms with van der Waals surface area (Å²) >= 11 is 1.78. The molecule has 0 saturated carbocycles. The van der Waals surface area contributed by atoms with Gasteiger partial charge in [0.05, 0.1) is 10.6 Å². The molecule has 2 aliphatic rings. The van der Waals surface area contributed by atoms with Gasteiger partial charge >= 0.3 is 0 Å². The molecule has 0 spiro atoms. The molecule has 0 N–H and O–H groups in total. The summed E-state index contributed by atoms with van der Waals surface area (Å²) < 4.78 is 7.79. The molecular formula is C48H29N5OS2. The topological polar surface area (TPSA) is 77.6 Å². The molecule has 5 heterocycles. The minimum Gasteiger partial charge on any atom is -0.456 e. The second-order valence-electron chi connectivity index (χ2n) is 13.4. The Hall–Kier alpha value is -6.74. The average molecular weight is 756 g/mol. The highest BCUT2D eigenvalue weighted by atomic mass is 32.2. The minimum absolute atomic E-state index is 0.241. The van der Waals surface area contributed by atoms with Crippen molar-refractivity contribution in [1.82, 2.24) is 24.9 Å². The molecule has 56 heavy (non-hydrogen) atoms. The molecule has 1 atom stereocenters. The smallest absolute Gasteiger partial charge is 0.164 e. The second-order valence-corrected chi connectivity index (χ2v) is 16.5. The molecule has 3 aromatic heterocycles. The first-order valence-electron chi connectivity index (χ1n) is 18.3. The number of hydrogen-bond acceptors (Lipinski definition) is 7. The number of rotatable bonds is 6. The molecule has 264 valence electrons. The Morgan fingerprint density at radius 1 is 0.464 bits per heavy atom. The van der Waals surface area contributed by atoms with Crippen LogP contribution >= 0.6 is 22.2 Å². The van der Waals surface area contributed by atoms with Gasteiger partial charge in [-0.2, -0.15) is 0 Å². The van der Waals surface area contributed by atoms with E-state index in [9.17, 15) is 0 Å². The fourth-order valence-corrected chi connectivity index (χ4v) is 10.8. The van der Waals surface area contributed by atoms with Gasteiger partial charge in [0.25, 0.3) is 0 Å². The summed E-state index contributed by atoms with van der Waals surface area (Å²) in [5.74, 6) is 2.46. The number of thioether (sulfide) groups is 1. The number of allylic oxidation sites excluding steroid dienone is 3. The predicted octanol–water partition coefficient (Wildman–Crippen LogP) is 12.5. The third-order valence-corrected chi connectivity index (χ3v) is 13.5. The standard InChI is InChI=1S/C48H29N5OS2/c1-4-13-30(14-5-1)31-22-24-34(25-23-31)45-50-44(33-17-8-3-9-18-33)51-46(52-45)35-26-27-38-37(29-35)41-36(19-12-20-39(41)54-38)47-49-42(32-15-6-2-7-16-32)43-48(53-47)56-28-11-10-21-40(56)55-43/h1-29H. The first kappa shape index (κ1) is 32.7. The molecular weight excluding hydrogens is 727 g/mol. The molecule has 6 aromatic carbocycles. The highest BCUT2D eigenvalue weighted by Crippen LogP contribution is 2.58. The van der Waals surface area contributed by atoms with Gasteiger partial charge in [0, 0.05) is 42.8 Å². The lowest BCUT2D eigenvalue weighted by molar-refractivity contribution is 0.669. The van der Waals surface area contributed by atoms with Crippen LogP contribution in [-0.2, 0) is 0 Å². The quantitative estimate of drug-likeness (QED) is 0.123. The SMILES string of the molecule is C1=CC=S2C(=C1)Sc1c(-c3ccccc3)nc(-c3cccc4oc5ccc(-c6nc(-c7ccccc7)nc(-c7ccc(-c8ccccc8)cc7)n6)cc5c34)nc12. The zero-order chi connectivity index (χ0) is 37.0. The van der Waals surface area contributed by atoms with Crippen molar-refractivity contribution in [3.8, 4) is 67.9 Å². The number of aromatic nitrogens is 5. The third kappa shape index (κ3) is 5.70. The van der Waals surface area contributed by atoms with E-state index in [-0.39, 0.29) is 10.5 Å². The van der Waals surface area contributed by atoms with Crippen molar-refractivity contribution >= 4 is 49.6 Å². The summed E-state index contributed by atoms with van der Waals surface area (Å²) in [6, 6.07) is 51.5. The highest BCUT2D eigenvalue weighted by molar-refractivity contribution is 8.33. The third-order valence-electron chi connectivity index (χ3n) is 9.98. The van der Waals surface area contributed by atoms with E-state index in [2.05, 4.69) is 109 Å². The Kier molecular flexibility index (Phi) is 7.89. The van der Waals surface area contributed by atoms with E-state index in [4.69, 9.17) is 29.3 Å². The van der Waals surface area contributed by atoms with Crippen molar-refractivity contribution < 1.29 is 4.42 Å². The van der Waals surface area contributed by atoms with Gasteiger partial charge in [0.1, 0.15) is 16.2 Å². The molecule has 6 nitrogen and oxygen atoms in total. The van der Waals surface area contributed by atoms with Gasteiger partial charge in [-0.25, -0.2) is 24.9 Å². The molecule has 0 saturated heterocycles. The van der Waals surface area contributed by atoms with Crippen LogP contribution in [0, 0.1) is 0 Å². The molecule has 0 bridgehead atoms. The molecule has 0 amide bonds. The highest BCUT2D eigenvalue weighted by Gasteiger charge is 2.29. The molecule has 0 fully saturated rings. The summed E-state index contributed by atoms with van der Waals surface area (Å²) in [6.07, 6.45) is 6.42. The van der Waals surface area contributed by atoms with Crippen LogP contribution in [0.3, 0.4) is 0 Å². The van der Waals surface area contributed by atoms with E-state index in [0.717, 1.165) is 76.5 Å². The first-order valence-corrected chi connectivity index (χ1v) is 20.4. The normalized spacial score (nSPS) is 14.4. The fourth-order valence-electron chi connectivity index (χ4n) is 7.27. The number of benzene rings is 6. The first-order chi connectivity index (χ1) is 27.7. The summed E-state index contributed by atoms with van der Waals surface area (Å²) in [4.78, 5) is 26.9. The van der Waals surface area contributed by atoms with Gasteiger partial charge < -0.3 is 4.42 Å². The Morgan fingerprint density at radius 2 is 1.07 bits per heavy atom. The lowest BCUT2D eigenvalue weighted by Gasteiger charge is -2.11. The van der Waals surface area contributed by atoms with Crippen LogP contribution in [0.15, 0.2) is 188 Å². The van der Waals surface area contributed by atoms with Crippen LogP contribution in [0.5, 0.6) is 0 Å². The molecule has 11 rings (SSSR count). The largest absolute Gasteiger partial charge is 0.456 e. The molecule has 8 heteroatoms. The van der Waals surface area contributed by atoms with Crippen molar-refractivity contribution in [2.75, 3.05) is 0 Å². The minimum atomic E-state index is -0.241. The van der Waals surface area contributed by atoms with Crippen LogP contribution in [-0.4, -0.2) is 30.3 Å². The maximum atomic E-state index is 6.50. The van der Waals surface area contributed by atoms with Crippen LogP contribution in [0.25, 0.3) is 89.9 Å². The van der Waals surface area contributed by atoms with Gasteiger partial charge in [0.15, 0.2) is 23.3 Å². The molecule has 2 aliphatic heterocycles. The molecule has 0 radical (unpaired) electrons. The second kappa shape index (κ2) is 13.5. The van der Waals surface area contributed by atoms with E-state index >= 15 is 0 Å². The predicted molar refractivity (Wildman–Crippen MR) is 230 cm³/mol. The summed E-state index contributed by atoms with van der Waals surface area (Å²) in [5.41, 5.74) is 9.44. The van der Waals surface area contributed by atoms with Gasteiger partial charge in [0.2, 0.25) is 0 Å². The van der Waals surface area contributed by atoms with Crippen molar-refractivity contribution in [3.05, 3.63) is 174 Å². The Morgan fingerprint density at radius 3 is 1.80 bits per heavy atom.